The molecule has 5 heteroatoms. The first kappa shape index (κ1) is 17.3. The second kappa shape index (κ2) is 8.56. The highest BCUT2D eigenvalue weighted by molar-refractivity contribution is 5.78. The van der Waals surface area contributed by atoms with E-state index in [4.69, 9.17) is 5.73 Å². The second-order valence-electron chi connectivity index (χ2n) is 6.50. The lowest BCUT2D eigenvalue weighted by atomic mass is 10.1. The molecule has 1 aromatic rings. The number of nitrogens with zero attached hydrogens (tertiary/aromatic N) is 2. The van der Waals surface area contributed by atoms with E-state index in [1.54, 1.807) is 0 Å². The van der Waals surface area contributed by atoms with Gasteiger partial charge in [-0.3, -0.25) is 9.79 Å². The molecule has 0 fully saturated rings. The number of benzene rings is 1. The molecule has 0 atom stereocenters. The fourth-order valence-electron chi connectivity index (χ4n) is 2.64. The Morgan fingerprint density at radius 2 is 1.96 bits per heavy atom. The summed E-state index contributed by atoms with van der Waals surface area (Å²) in [6.45, 7) is 7.26. The van der Waals surface area contributed by atoms with Crippen LogP contribution >= 0.6 is 0 Å². The first-order chi connectivity index (χ1) is 11.1. The Morgan fingerprint density at radius 3 is 2.57 bits per heavy atom. The number of amides is 1. The van der Waals surface area contributed by atoms with Gasteiger partial charge < -0.3 is 16.0 Å². The zero-order valence-corrected chi connectivity index (χ0v) is 14.2. The van der Waals surface area contributed by atoms with Gasteiger partial charge in [0.2, 0.25) is 5.91 Å². The van der Waals surface area contributed by atoms with Gasteiger partial charge in [-0.15, -0.1) is 0 Å². The van der Waals surface area contributed by atoms with Crippen LogP contribution in [0, 0.1) is 5.92 Å². The Balaban J connectivity index is 1.64. The summed E-state index contributed by atoms with van der Waals surface area (Å²) in [6, 6.07) is 8.24. The van der Waals surface area contributed by atoms with E-state index in [2.05, 4.69) is 36.3 Å². The van der Waals surface area contributed by atoms with E-state index in [-0.39, 0.29) is 5.91 Å². The van der Waals surface area contributed by atoms with Crippen LogP contribution in [0.3, 0.4) is 0 Å². The maximum atomic E-state index is 12.2. The number of fused-ring (bicyclic) bond motifs is 1. The van der Waals surface area contributed by atoms with Crippen LogP contribution in [0.5, 0.6) is 0 Å². The van der Waals surface area contributed by atoms with E-state index < -0.39 is 0 Å². The number of carbonyl (C=O) groups excluding carboxylic acids is 1. The molecule has 0 saturated heterocycles. The van der Waals surface area contributed by atoms with Crippen molar-refractivity contribution >= 4 is 11.9 Å². The molecule has 0 radical (unpaired) electrons. The fraction of sp³-hybridized carbons (Fsp3) is 0.556. The molecular weight excluding hydrogens is 288 g/mol. The van der Waals surface area contributed by atoms with Crippen LogP contribution < -0.4 is 11.1 Å². The van der Waals surface area contributed by atoms with Gasteiger partial charge in [-0.1, -0.05) is 38.1 Å². The van der Waals surface area contributed by atoms with Crippen LogP contribution in [0.4, 0.5) is 0 Å². The number of aliphatic imine (C=N–C) groups is 1. The number of hydrogen-bond donors (Lipinski definition) is 2. The zero-order chi connectivity index (χ0) is 16.7. The van der Waals surface area contributed by atoms with Gasteiger partial charge in [-0.25, -0.2) is 0 Å². The largest absolute Gasteiger partial charge is 0.370 e. The Labute approximate surface area is 139 Å². The number of nitrogens with two attached hydrogens (primary N) is 1. The lowest BCUT2D eigenvalue weighted by Crippen LogP contribution is -2.33. The van der Waals surface area contributed by atoms with Crippen molar-refractivity contribution in [3.8, 4) is 0 Å². The highest BCUT2D eigenvalue weighted by Crippen LogP contribution is 2.22. The van der Waals surface area contributed by atoms with Crippen molar-refractivity contribution in [3.63, 3.8) is 0 Å². The molecule has 126 valence electrons. The Kier molecular flexibility index (Phi) is 6.44. The quantitative estimate of drug-likeness (QED) is 0.460. The van der Waals surface area contributed by atoms with Gasteiger partial charge in [0, 0.05) is 32.6 Å². The molecular formula is C18H28N4O. The van der Waals surface area contributed by atoms with E-state index in [1.165, 1.54) is 11.1 Å². The van der Waals surface area contributed by atoms with Crippen molar-refractivity contribution in [1.29, 1.82) is 0 Å². The summed E-state index contributed by atoms with van der Waals surface area (Å²) in [5, 5.41) is 3.10. The molecule has 0 aliphatic carbocycles. The molecule has 3 N–H and O–H groups in total. The summed E-state index contributed by atoms with van der Waals surface area (Å²) in [5.41, 5.74) is 8.32. The predicted octanol–water partition coefficient (Wildman–Crippen LogP) is 2.26. The molecule has 0 aromatic heterocycles. The van der Waals surface area contributed by atoms with Crippen molar-refractivity contribution in [1.82, 2.24) is 10.2 Å². The normalized spacial score (nSPS) is 14.2. The van der Waals surface area contributed by atoms with Gasteiger partial charge in [-0.05, 0) is 29.9 Å². The van der Waals surface area contributed by atoms with Crippen molar-refractivity contribution in [2.45, 2.75) is 46.2 Å². The van der Waals surface area contributed by atoms with Crippen LogP contribution in [-0.4, -0.2) is 29.9 Å². The summed E-state index contributed by atoms with van der Waals surface area (Å²) in [6.07, 6.45) is 2.33. The number of rotatable bonds is 7. The minimum atomic E-state index is 0.197. The topological polar surface area (TPSA) is 70.7 Å². The minimum absolute atomic E-state index is 0.197. The summed E-state index contributed by atoms with van der Waals surface area (Å²) < 4.78 is 0. The molecule has 1 aromatic carbocycles. The monoisotopic (exact) mass is 316 g/mol. The number of guanidine groups is 1. The molecule has 23 heavy (non-hydrogen) atoms. The Morgan fingerprint density at radius 1 is 1.30 bits per heavy atom. The van der Waals surface area contributed by atoms with Crippen molar-refractivity contribution in [2.24, 2.45) is 16.6 Å². The van der Waals surface area contributed by atoms with Crippen LogP contribution in [0.1, 0.15) is 44.2 Å². The highest BCUT2D eigenvalue weighted by atomic mass is 16.2. The summed E-state index contributed by atoms with van der Waals surface area (Å²) >= 11 is 0. The van der Waals surface area contributed by atoms with Gasteiger partial charge in [0.25, 0.3) is 0 Å². The molecule has 1 aliphatic heterocycles. The van der Waals surface area contributed by atoms with Gasteiger partial charge >= 0.3 is 0 Å². The number of nitrogens with one attached hydrogen (secondary N) is 1. The molecule has 0 spiro atoms. The predicted molar refractivity (Wildman–Crippen MR) is 93.9 cm³/mol. The lowest BCUT2D eigenvalue weighted by molar-refractivity contribution is -0.131. The Hall–Kier alpha value is -2.04. The Bertz CT molecular complexity index is 529. The average Bonchev–Trinajstić information content (AvgIpc) is 2.95. The third-order valence-corrected chi connectivity index (χ3v) is 4.05. The molecule has 0 saturated carbocycles. The molecule has 0 unspecified atom stereocenters. The summed E-state index contributed by atoms with van der Waals surface area (Å²) in [5.74, 6) is 1.33. The van der Waals surface area contributed by atoms with Crippen LogP contribution in [-0.2, 0) is 17.9 Å². The van der Waals surface area contributed by atoms with Crippen molar-refractivity contribution < 1.29 is 4.79 Å². The van der Waals surface area contributed by atoms with Crippen LogP contribution in [0.2, 0.25) is 0 Å². The summed E-state index contributed by atoms with van der Waals surface area (Å²) in [4.78, 5) is 18.4. The van der Waals surface area contributed by atoms with Crippen LogP contribution in [0.15, 0.2) is 29.3 Å². The van der Waals surface area contributed by atoms with Gasteiger partial charge in [0.05, 0.1) is 0 Å². The molecule has 5 nitrogen and oxygen atoms in total. The van der Waals surface area contributed by atoms with E-state index in [0.29, 0.717) is 24.8 Å². The lowest BCUT2D eigenvalue weighted by Gasteiger charge is -2.15. The first-order valence-electron chi connectivity index (χ1n) is 8.44. The van der Waals surface area contributed by atoms with Crippen molar-refractivity contribution in [3.05, 3.63) is 35.4 Å². The van der Waals surface area contributed by atoms with E-state index in [9.17, 15) is 4.79 Å². The average molecular weight is 316 g/mol. The van der Waals surface area contributed by atoms with Gasteiger partial charge in [0.1, 0.15) is 0 Å². The number of carbonyl (C=O) groups is 1. The first-order valence-corrected chi connectivity index (χ1v) is 8.44. The van der Waals surface area contributed by atoms with E-state index in [1.807, 2.05) is 17.0 Å². The minimum Gasteiger partial charge on any atom is -0.370 e. The van der Waals surface area contributed by atoms with Crippen molar-refractivity contribution in [2.75, 3.05) is 13.1 Å². The highest BCUT2D eigenvalue weighted by Gasteiger charge is 2.21. The standard InChI is InChI=1S/C18H28N4O/c1-14(2)9-11-21-18(19)20-10-5-8-17(23)22-12-15-6-3-4-7-16(15)13-22/h3-4,6-7,14H,5,8-13H2,1-2H3,(H3,19,20,21). The maximum Gasteiger partial charge on any atom is 0.223 e. The smallest absolute Gasteiger partial charge is 0.223 e. The van der Waals surface area contributed by atoms with Crippen LogP contribution in [0.25, 0.3) is 0 Å². The fourth-order valence-corrected chi connectivity index (χ4v) is 2.64. The molecule has 1 heterocycles. The third kappa shape index (κ3) is 5.58. The zero-order valence-electron chi connectivity index (χ0n) is 14.2. The summed E-state index contributed by atoms with van der Waals surface area (Å²) in [7, 11) is 0. The SMILES string of the molecule is CC(C)CCNC(N)=NCCCC(=O)N1Cc2ccccc2C1. The second-order valence-corrected chi connectivity index (χ2v) is 6.50. The maximum absolute atomic E-state index is 12.2. The molecule has 2 rings (SSSR count). The number of hydrogen-bond acceptors (Lipinski definition) is 2. The van der Waals surface area contributed by atoms with E-state index in [0.717, 1.165) is 32.5 Å². The third-order valence-electron chi connectivity index (χ3n) is 4.05. The molecule has 1 aliphatic rings. The molecule has 1 amide bonds. The van der Waals surface area contributed by atoms with Gasteiger partial charge in [-0.2, -0.15) is 0 Å². The molecule has 0 bridgehead atoms. The van der Waals surface area contributed by atoms with E-state index >= 15 is 0 Å². The van der Waals surface area contributed by atoms with Gasteiger partial charge in [0.15, 0.2) is 5.96 Å².